The van der Waals surface area contributed by atoms with Crippen molar-refractivity contribution in [2.45, 2.75) is 19.4 Å². The molecule has 10 nitrogen and oxygen atoms in total. The number of amides is 3. The SMILES string of the molecule is CC(=O)N1CC(c2nn(CC(=O)NCC(=O)NCC(=O)O)c3ccccc23)C1. The number of carbonyl (C=O) groups is 4. The molecule has 0 saturated carbocycles. The van der Waals surface area contributed by atoms with Gasteiger partial charge in [-0.2, -0.15) is 5.10 Å². The Kier molecular flexibility index (Phi) is 5.57. The Morgan fingerprint density at radius 2 is 1.79 bits per heavy atom. The Morgan fingerprint density at radius 1 is 1.11 bits per heavy atom. The number of carboxylic acid groups (broad SMARTS) is 1. The van der Waals surface area contributed by atoms with Crippen molar-refractivity contribution in [3.05, 3.63) is 30.0 Å². The molecule has 1 fully saturated rings. The number of para-hydroxylation sites is 1. The van der Waals surface area contributed by atoms with Crippen LogP contribution in [0.2, 0.25) is 0 Å². The van der Waals surface area contributed by atoms with Crippen LogP contribution in [0, 0.1) is 0 Å². The Hall–Kier alpha value is -3.43. The molecule has 10 heteroatoms. The van der Waals surface area contributed by atoms with Crippen molar-refractivity contribution in [1.29, 1.82) is 0 Å². The minimum absolute atomic E-state index is 0.0283. The summed E-state index contributed by atoms with van der Waals surface area (Å²) in [6.45, 7) is 1.85. The highest BCUT2D eigenvalue weighted by Gasteiger charge is 2.33. The molecule has 28 heavy (non-hydrogen) atoms. The third-order valence-corrected chi connectivity index (χ3v) is 4.58. The summed E-state index contributed by atoms with van der Waals surface area (Å²) in [7, 11) is 0. The van der Waals surface area contributed by atoms with Crippen LogP contribution in [0.1, 0.15) is 18.5 Å². The zero-order chi connectivity index (χ0) is 20.3. The number of nitrogens with one attached hydrogen (secondary N) is 2. The van der Waals surface area contributed by atoms with Crippen LogP contribution in [0.4, 0.5) is 0 Å². The Morgan fingerprint density at radius 3 is 2.46 bits per heavy atom. The number of benzene rings is 1. The van der Waals surface area contributed by atoms with Gasteiger partial charge in [-0.1, -0.05) is 18.2 Å². The Balaban J connectivity index is 1.65. The first-order valence-electron chi connectivity index (χ1n) is 8.81. The predicted molar refractivity (Wildman–Crippen MR) is 98.4 cm³/mol. The second-order valence-corrected chi connectivity index (χ2v) is 6.63. The summed E-state index contributed by atoms with van der Waals surface area (Å²) < 4.78 is 1.57. The summed E-state index contributed by atoms with van der Waals surface area (Å²) in [4.78, 5) is 47.2. The smallest absolute Gasteiger partial charge is 0.322 e. The van der Waals surface area contributed by atoms with Gasteiger partial charge < -0.3 is 20.6 Å². The van der Waals surface area contributed by atoms with Crippen LogP contribution >= 0.6 is 0 Å². The summed E-state index contributed by atoms with van der Waals surface area (Å²) in [5.74, 6) is -2.00. The normalized spacial score (nSPS) is 13.8. The number of rotatable bonds is 7. The van der Waals surface area contributed by atoms with E-state index in [9.17, 15) is 19.2 Å². The molecule has 0 bridgehead atoms. The van der Waals surface area contributed by atoms with Gasteiger partial charge in [0.05, 0.1) is 17.8 Å². The van der Waals surface area contributed by atoms with Gasteiger partial charge in [0.1, 0.15) is 13.1 Å². The lowest BCUT2D eigenvalue weighted by atomic mass is 9.94. The molecule has 1 aromatic carbocycles. The number of carbonyl (C=O) groups excluding carboxylic acids is 3. The minimum atomic E-state index is -1.16. The third kappa shape index (κ3) is 4.27. The average molecular weight is 387 g/mol. The Labute approximate surface area is 160 Å². The number of likely N-dealkylation sites (tertiary alicyclic amines) is 1. The first kappa shape index (κ1) is 19.3. The summed E-state index contributed by atoms with van der Waals surface area (Å²) in [6, 6.07) is 7.54. The van der Waals surface area contributed by atoms with E-state index in [1.54, 1.807) is 9.58 Å². The molecule has 1 aliphatic rings. The zero-order valence-electron chi connectivity index (χ0n) is 15.3. The quantitative estimate of drug-likeness (QED) is 0.575. The van der Waals surface area contributed by atoms with Crippen LogP contribution in [0.25, 0.3) is 10.9 Å². The fourth-order valence-corrected chi connectivity index (χ4v) is 3.09. The van der Waals surface area contributed by atoms with E-state index in [1.807, 2.05) is 24.3 Å². The molecule has 0 unspecified atom stereocenters. The van der Waals surface area contributed by atoms with Gasteiger partial charge in [-0.3, -0.25) is 23.9 Å². The lowest BCUT2D eigenvalue weighted by Crippen LogP contribution is -2.47. The standard InChI is InChI=1S/C18H21N5O5/c1-11(24)22-8-12(9-22)18-13-4-2-3-5-14(13)23(21-18)10-16(26)19-6-15(25)20-7-17(27)28/h2-5,12H,6-10H2,1H3,(H,19,26)(H,20,25)(H,27,28). The minimum Gasteiger partial charge on any atom is -0.480 e. The van der Waals surface area contributed by atoms with Crippen LogP contribution in [0.15, 0.2) is 24.3 Å². The van der Waals surface area contributed by atoms with E-state index in [0.29, 0.717) is 13.1 Å². The summed E-state index contributed by atoms with van der Waals surface area (Å²) in [5.41, 5.74) is 1.64. The maximum Gasteiger partial charge on any atom is 0.322 e. The lowest BCUT2D eigenvalue weighted by molar-refractivity contribution is -0.137. The fraction of sp³-hybridized carbons (Fsp3) is 0.389. The highest BCUT2D eigenvalue weighted by atomic mass is 16.4. The van der Waals surface area contributed by atoms with Gasteiger partial charge in [-0.05, 0) is 6.07 Å². The molecule has 1 aliphatic heterocycles. The van der Waals surface area contributed by atoms with E-state index in [4.69, 9.17) is 5.11 Å². The maximum atomic E-state index is 12.2. The highest BCUT2D eigenvalue weighted by molar-refractivity contribution is 5.88. The molecule has 0 spiro atoms. The van der Waals surface area contributed by atoms with Crippen LogP contribution in [-0.2, 0) is 25.7 Å². The molecule has 3 rings (SSSR count). The largest absolute Gasteiger partial charge is 0.480 e. The topological polar surface area (TPSA) is 134 Å². The van der Waals surface area contributed by atoms with Crippen molar-refractivity contribution in [2.24, 2.45) is 0 Å². The molecular weight excluding hydrogens is 366 g/mol. The van der Waals surface area contributed by atoms with Crippen LogP contribution in [-0.4, -0.2) is 69.7 Å². The van der Waals surface area contributed by atoms with E-state index >= 15 is 0 Å². The van der Waals surface area contributed by atoms with Crippen LogP contribution in [0.3, 0.4) is 0 Å². The number of aliphatic carboxylic acids is 1. The van der Waals surface area contributed by atoms with Gasteiger partial charge in [0.25, 0.3) is 0 Å². The first-order chi connectivity index (χ1) is 13.3. The monoisotopic (exact) mass is 387 g/mol. The molecule has 1 saturated heterocycles. The first-order valence-corrected chi connectivity index (χ1v) is 8.81. The maximum absolute atomic E-state index is 12.2. The zero-order valence-corrected chi connectivity index (χ0v) is 15.3. The second-order valence-electron chi connectivity index (χ2n) is 6.63. The molecule has 1 aromatic heterocycles. The van der Waals surface area contributed by atoms with Crippen molar-refractivity contribution in [3.63, 3.8) is 0 Å². The summed E-state index contributed by atoms with van der Waals surface area (Å²) >= 11 is 0. The van der Waals surface area contributed by atoms with E-state index < -0.39 is 24.3 Å². The second kappa shape index (κ2) is 8.07. The van der Waals surface area contributed by atoms with Crippen molar-refractivity contribution in [3.8, 4) is 0 Å². The average Bonchev–Trinajstić information content (AvgIpc) is 2.95. The van der Waals surface area contributed by atoms with Gasteiger partial charge >= 0.3 is 5.97 Å². The number of carboxylic acids is 1. The van der Waals surface area contributed by atoms with Crippen molar-refractivity contribution in [1.82, 2.24) is 25.3 Å². The van der Waals surface area contributed by atoms with E-state index in [2.05, 4.69) is 15.7 Å². The molecule has 0 atom stereocenters. The molecule has 0 aliphatic carbocycles. The molecular formula is C18H21N5O5. The third-order valence-electron chi connectivity index (χ3n) is 4.58. The molecule has 2 heterocycles. The number of hydrogen-bond acceptors (Lipinski definition) is 5. The fourth-order valence-electron chi connectivity index (χ4n) is 3.09. The number of aromatic nitrogens is 2. The van der Waals surface area contributed by atoms with E-state index in [-0.39, 0.29) is 24.9 Å². The van der Waals surface area contributed by atoms with Gasteiger partial charge in [-0.15, -0.1) is 0 Å². The van der Waals surface area contributed by atoms with Crippen LogP contribution < -0.4 is 10.6 Å². The van der Waals surface area contributed by atoms with Gasteiger partial charge in [0, 0.05) is 31.3 Å². The van der Waals surface area contributed by atoms with E-state index in [1.165, 1.54) is 6.92 Å². The van der Waals surface area contributed by atoms with Crippen LogP contribution in [0.5, 0.6) is 0 Å². The number of fused-ring (bicyclic) bond motifs is 1. The number of hydrogen-bond donors (Lipinski definition) is 3. The van der Waals surface area contributed by atoms with Gasteiger partial charge in [-0.25, -0.2) is 0 Å². The van der Waals surface area contributed by atoms with Crippen molar-refractivity contribution in [2.75, 3.05) is 26.2 Å². The molecule has 3 amide bonds. The summed E-state index contributed by atoms with van der Waals surface area (Å²) in [6.07, 6.45) is 0. The molecule has 148 valence electrons. The van der Waals surface area contributed by atoms with Crippen molar-refractivity contribution < 1.29 is 24.3 Å². The lowest BCUT2D eigenvalue weighted by Gasteiger charge is -2.37. The molecule has 2 aromatic rings. The highest BCUT2D eigenvalue weighted by Crippen LogP contribution is 2.31. The predicted octanol–water partition coefficient (Wildman–Crippen LogP) is -0.701. The summed E-state index contributed by atoms with van der Waals surface area (Å²) in [5, 5.41) is 18.6. The number of nitrogens with zero attached hydrogens (tertiary/aromatic N) is 3. The van der Waals surface area contributed by atoms with Gasteiger partial charge in [0.2, 0.25) is 17.7 Å². The Bertz CT molecular complexity index is 932. The van der Waals surface area contributed by atoms with Crippen molar-refractivity contribution >= 4 is 34.6 Å². The molecule has 0 radical (unpaired) electrons. The molecule has 3 N–H and O–H groups in total. The van der Waals surface area contributed by atoms with Gasteiger partial charge in [0.15, 0.2) is 0 Å². The van der Waals surface area contributed by atoms with E-state index in [0.717, 1.165) is 16.6 Å².